The van der Waals surface area contributed by atoms with Crippen molar-refractivity contribution in [1.82, 2.24) is 23.7 Å². The summed E-state index contributed by atoms with van der Waals surface area (Å²) in [5.41, 5.74) is 2.04. The number of sulfonamides is 1. The van der Waals surface area contributed by atoms with Crippen LogP contribution in [0.3, 0.4) is 0 Å². The highest BCUT2D eigenvalue weighted by Crippen LogP contribution is 2.33. The molecule has 2 fully saturated rings. The van der Waals surface area contributed by atoms with Crippen LogP contribution in [0.5, 0.6) is 5.75 Å². The molecule has 11 heteroatoms. The summed E-state index contributed by atoms with van der Waals surface area (Å²) in [6, 6.07) is 24.8. The zero-order chi connectivity index (χ0) is 30.7. The minimum absolute atomic E-state index is 0.126. The number of amides is 1. The van der Waals surface area contributed by atoms with Gasteiger partial charge >= 0.3 is 5.69 Å². The van der Waals surface area contributed by atoms with E-state index >= 15 is 0 Å². The van der Waals surface area contributed by atoms with Crippen molar-refractivity contribution >= 4 is 15.9 Å². The van der Waals surface area contributed by atoms with Crippen molar-refractivity contribution in [3.05, 3.63) is 107 Å². The van der Waals surface area contributed by atoms with Gasteiger partial charge in [0.1, 0.15) is 11.4 Å². The highest BCUT2D eigenvalue weighted by Gasteiger charge is 2.37. The molecule has 1 unspecified atom stereocenters. The molecule has 0 aliphatic carbocycles. The van der Waals surface area contributed by atoms with Crippen molar-refractivity contribution in [2.24, 2.45) is 0 Å². The fourth-order valence-electron chi connectivity index (χ4n) is 6.20. The summed E-state index contributed by atoms with van der Waals surface area (Å²) in [6.45, 7) is 3.04. The molecule has 1 atom stereocenters. The first-order chi connectivity index (χ1) is 21.4. The van der Waals surface area contributed by atoms with E-state index in [0.29, 0.717) is 62.7 Å². The fourth-order valence-corrected chi connectivity index (χ4v) is 7.74. The lowest BCUT2D eigenvalue weighted by atomic mass is 10.0. The molecule has 1 N–H and O–H groups in total. The van der Waals surface area contributed by atoms with E-state index in [4.69, 9.17) is 4.74 Å². The summed E-state index contributed by atoms with van der Waals surface area (Å²) in [4.78, 5) is 31.0. The molecule has 3 heterocycles. The molecule has 6 rings (SSSR count). The Morgan fingerprint density at radius 2 is 1.64 bits per heavy atom. The molecule has 3 aromatic carbocycles. The minimum Gasteiger partial charge on any atom is -0.497 e. The van der Waals surface area contributed by atoms with Gasteiger partial charge in [-0.15, -0.1) is 0 Å². The number of hydrogen-bond donors (Lipinski definition) is 1. The SMILES string of the molecule is COc1cccc(Cn2c(C(=O)N3CCNCC3)c(-c3ccccc3)n(C3CCCN(S(=O)(=O)c4ccccc4)C3)c2=O)c1. The van der Waals surface area contributed by atoms with Crippen LogP contribution in [0.2, 0.25) is 0 Å². The van der Waals surface area contributed by atoms with Crippen molar-refractivity contribution in [3.8, 4) is 17.0 Å². The Morgan fingerprint density at radius 1 is 0.932 bits per heavy atom. The molecule has 2 saturated heterocycles. The topological polar surface area (TPSA) is 106 Å². The smallest absolute Gasteiger partial charge is 0.329 e. The molecule has 0 saturated carbocycles. The Balaban J connectivity index is 1.51. The van der Waals surface area contributed by atoms with Gasteiger partial charge in [-0.2, -0.15) is 4.31 Å². The Morgan fingerprint density at radius 3 is 2.34 bits per heavy atom. The minimum atomic E-state index is -3.77. The maximum absolute atomic E-state index is 14.6. The van der Waals surface area contributed by atoms with E-state index in [1.165, 1.54) is 4.31 Å². The van der Waals surface area contributed by atoms with Crippen LogP contribution in [0.15, 0.2) is 94.6 Å². The average molecular weight is 616 g/mol. The second-order valence-electron chi connectivity index (χ2n) is 11.2. The van der Waals surface area contributed by atoms with Crippen LogP contribution in [-0.2, 0) is 16.6 Å². The number of benzene rings is 3. The molecule has 10 nitrogen and oxygen atoms in total. The number of nitrogens with one attached hydrogen (secondary N) is 1. The van der Waals surface area contributed by atoms with E-state index in [0.717, 1.165) is 11.1 Å². The van der Waals surface area contributed by atoms with Crippen LogP contribution in [0.25, 0.3) is 11.3 Å². The zero-order valence-corrected chi connectivity index (χ0v) is 25.6. The number of piperazine rings is 1. The summed E-state index contributed by atoms with van der Waals surface area (Å²) >= 11 is 0. The lowest BCUT2D eigenvalue weighted by molar-refractivity contribution is 0.0725. The third kappa shape index (κ3) is 5.82. The highest BCUT2D eigenvalue weighted by atomic mass is 32.2. The Kier molecular flexibility index (Phi) is 8.69. The van der Waals surface area contributed by atoms with Gasteiger partial charge in [0.2, 0.25) is 10.0 Å². The van der Waals surface area contributed by atoms with Crippen molar-refractivity contribution in [2.75, 3.05) is 46.4 Å². The molecule has 1 amide bonds. The number of aromatic nitrogens is 2. The molecule has 2 aliphatic heterocycles. The molecular formula is C33H37N5O5S. The fraction of sp³-hybridized carbons (Fsp3) is 0.333. The molecule has 44 heavy (non-hydrogen) atoms. The van der Waals surface area contributed by atoms with Gasteiger partial charge in [-0.05, 0) is 42.7 Å². The molecule has 0 radical (unpaired) electrons. The van der Waals surface area contributed by atoms with Gasteiger partial charge in [-0.3, -0.25) is 13.9 Å². The van der Waals surface area contributed by atoms with Gasteiger partial charge in [0.05, 0.1) is 30.3 Å². The van der Waals surface area contributed by atoms with Crippen LogP contribution >= 0.6 is 0 Å². The standard InChI is InChI=1S/C33H37N5O5S/c1-43-28-14-8-10-25(22-28)23-37-31(32(39)35-20-17-34-18-21-35)30(26-11-4-2-5-12-26)38(33(37)40)27-13-9-19-36(24-27)44(41,42)29-15-6-3-7-16-29/h2-8,10-12,14-16,22,27,34H,9,13,17-21,23-24H2,1H3. The first-order valence-corrected chi connectivity index (χ1v) is 16.4. The van der Waals surface area contributed by atoms with E-state index in [2.05, 4.69) is 5.32 Å². The van der Waals surface area contributed by atoms with Crippen molar-refractivity contribution in [3.63, 3.8) is 0 Å². The summed E-state index contributed by atoms with van der Waals surface area (Å²) in [5.74, 6) is 0.441. The summed E-state index contributed by atoms with van der Waals surface area (Å²) in [6.07, 6.45) is 1.19. The van der Waals surface area contributed by atoms with Crippen LogP contribution in [0, 0.1) is 0 Å². The summed E-state index contributed by atoms with van der Waals surface area (Å²) in [7, 11) is -2.18. The number of hydrogen-bond acceptors (Lipinski definition) is 6. The second kappa shape index (κ2) is 12.8. The van der Waals surface area contributed by atoms with E-state index in [1.807, 2.05) is 54.6 Å². The molecule has 0 bridgehead atoms. The van der Waals surface area contributed by atoms with Crippen LogP contribution < -0.4 is 15.7 Å². The number of nitrogens with zero attached hydrogens (tertiary/aromatic N) is 4. The van der Waals surface area contributed by atoms with Crippen molar-refractivity contribution < 1.29 is 17.9 Å². The van der Waals surface area contributed by atoms with Crippen LogP contribution in [-0.4, -0.2) is 79.0 Å². The van der Waals surface area contributed by atoms with Gasteiger partial charge in [0, 0.05) is 44.8 Å². The number of ether oxygens (including phenoxy) is 1. The van der Waals surface area contributed by atoms with E-state index in [1.54, 1.807) is 51.5 Å². The maximum atomic E-state index is 14.6. The molecule has 1 aromatic heterocycles. The third-order valence-electron chi connectivity index (χ3n) is 8.41. The Labute approximate surface area is 257 Å². The first kappa shape index (κ1) is 29.9. The van der Waals surface area contributed by atoms with E-state index in [9.17, 15) is 18.0 Å². The normalized spacial score (nSPS) is 17.8. The molecule has 230 valence electrons. The quantitative estimate of drug-likeness (QED) is 0.326. The lowest BCUT2D eigenvalue weighted by Crippen LogP contribution is -2.47. The molecular weight excluding hydrogens is 578 g/mol. The zero-order valence-electron chi connectivity index (χ0n) is 24.8. The van der Waals surface area contributed by atoms with Gasteiger partial charge in [-0.1, -0.05) is 60.7 Å². The Bertz CT molecular complexity index is 1780. The second-order valence-corrected chi connectivity index (χ2v) is 13.1. The van der Waals surface area contributed by atoms with E-state index < -0.39 is 16.1 Å². The number of piperidine rings is 1. The third-order valence-corrected chi connectivity index (χ3v) is 10.3. The number of carbonyl (C=O) groups is 1. The molecule has 0 spiro atoms. The van der Waals surface area contributed by atoms with E-state index in [-0.39, 0.29) is 29.6 Å². The van der Waals surface area contributed by atoms with Gasteiger partial charge in [0.25, 0.3) is 5.91 Å². The highest BCUT2D eigenvalue weighted by molar-refractivity contribution is 7.89. The average Bonchev–Trinajstić information content (AvgIpc) is 3.36. The van der Waals surface area contributed by atoms with Crippen LogP contribution in [0.4, 0.5) is 0 Å². The molecule has 4 aromatic rings. The van der Waals surface area contributed by atoms with Crippen molar-refractivity contribution in [2.45, 2.75) is 30.3 Å². The summed E-state index contributed by atoms with van der Waals surface area (Å²) in [5, 5.41) is 3.29. The number of methoxy groups -OCH3 is 1. The maximum Gasteiger partial charge on any atom is 0.329 e. The van der Waals surface area contributed by atoms with Gasteiger partial charge < -0.3 is 15.0 Å². The predicted octanol–water partition coefficient (Wildman–Crippen LogP) is 3.44. The van der Waals surface area contributed by atoms with Crippen molar-refractivity contribution in [1.29, 1.82) is 0 Å². The van der Waals surface area contributed by atoms with Gasteiger partial charge in [-0.25, -0.2) is 13.2 Å². The first-order valence-electron chi connectivity index (χ1n) is 15.0. The summed E-state index contributed by atoms with van der Waals surface area (Å²) < 4.78 is 37.4. The largest absolute Gasteiger partial charge is 0.497 e. The monoisotopic (exact) mass is 615 g/mol. The van der Waals surface area contributed by atoms with Gasteiger partial charge in [0.15, 0.2) is 0 Å². The predicted molar refractivity (Wildman–Crippen MR) is 168 cm³/mol. The number of imidazole rings is 1. The lowest BCUT2D eigenvalue weighted by Gasteiger charge is -2.33. The molecule has 2 aliphatic rings. The number of rotatable bonds is 8. The Hall–Kier alpha value is -4.19. The van der Waals surface area contributed by atoms with Crippen LogP contribution in [0.1, 0.15) is 34.9 Å². The number of carbonyl (C=O) groups excluding carboxylic acids is 1.